The minimum absolute atomic E-state index is 0.184. The van der Waals surface area contributed by atoms with Crippen molar-refractivity contribution in [3.8, 4) is 12.3 Å². The summed E-state index contributed by atoms with van der Waals surface area (Å²) in [7, 11) is 0. The van der Waals surface area contributed by atoms with Crippen LogP contribution >= 0.6 is 0 Å². The van der Waals surface area contributed by atoms with Gasteiger partial charge in [0.2, 0.25) is 0 Å². The van der Waals surface area contributed by atoms with Crippen LogP contribution in [0.1, 0.15) is 18.4 Å². The van der Waals surface area contributed by atoms with Gasteiger partial charge in [0.1, 0.15) is 5.78 Å². The number of nitrogens with zero attached hydrogens (tertiary/aromatic N) is 1. The lowest BCUT2D eigenvalue weighted by molar-refractivity contribution is -0.118. The van der Waals surface area contributed by atoms with Crippen LogP contribution in [0.25, 0.3) is 0 Å². The summed E-state index contributed by atoms with van der Waals surface area (Å²) in [6.07, 6.45) is 9.89. The standard InChI is InChI=1S/C11H11NO/c1-2-3-4-11(13)9-10-5-7-12-8-6-10/h1,5-8H,3-4,9H2. The summed E-state index contributed by atoms with van der Waals surface area (Å²) in [5.74, 6) is 2.64. The normalized spacial score (nSPS) is 9.15. The number of rotatable bonds is 4. The Morgan fingerprint density at radius 3 is 2.77 bits per heavy atom. The predicted octanol–water partition coefficient (Wildman–Crippen LogP) is 1.61. The second kappa shape index (κ2) is 5.10. The molecule has 0 amide bonds. The average Bonchev–Trinajstić information content (AvgIpc) is 2.16. The minimum atomic E-state index is 0.184. The number of hydrogen-bond donors (Lipinski definition) is 0. The first-order chi connectivity index (χ1) is 6.33. The van der Waals surface area contributed by atoms with Crippen molar-refractivity contribution < 1.29 is 4.79 Å². The van der Waals surface area contributed by atoms with Crippen molar-refractivity contribution in [3.05, 3.63) is 30.1 Å². The Bertz CT molecular complexity index is 311. The molecule has 0 spiro atoms. The molecule has 0 fully saturated rings. The third kappa shape index (κ3) is 3.53. The Labute approximate surface area is 78.0 Å². The molecule has 0 aliphatic carbocycles. The van der Waals surface area contributed by atoms with Crippen LogP contribution in [0.3, 0.4) is 0 Å². The fourth-order valence-corrected chi connectivity index (χ4v) is 1.03. The molecule has 0 saturated carbocycles. The average molecular weight is 173 g/mol. The molecule has 0 atom stereocenters. The number of aromatic nitrogens is 1. The van der Waals surface area contributed by atoms with Crippen LogP contribution in [0, 0.1) is 12.3 Å². The fourth-order valence-electron chi connectivity index (χ4n) is 1.03. The van der Waals surface area contributed by atoms with Crippen LogP contribution in [-0.4, -0.2) is 10.8 Å². The van der Waals surface area contributed by atoms with Gasteiger partial charge in [-0.2, -0.15) is 0 Å². The molecule has 1 aromatic rings. The van der Waals surface area contributed by atoms with Gasteiger partial charge >= 0.3 is 0 Å². The van der Waals surface area contributed by atoms with Gasteiger partial charge in [-0.3, -0.25) is 9.78 Å². The summed E-state index contributed by atoms with van der Waals surface area (Å²) in [4.78, 5) is 15.1. The van der Waals surface area contributed by atoms with Gasteiger partial charge in [-0.1, -0.05) is 0 Å². The van der Waals surface area contributed by atoms with Crippen molar-refractivity contribution in [1.29, 1.82) is 0 Å². The summed E-state index contributed by atoms with van der Waals surface area (Å²) >= 11 is 0. The van der Waals surface area contributed by atoms with Crippen LogP contribution in [0.2, 0.25) is 0 Å². The highest BCUT2D eigenvalue weighted by Gasteiger charge is 2.01. The number of carbonyl (C=O) groups excluding carboxylic acids is 1. The molecule has 0 radical (unpaired) electrons. The van der Waals surface area contributed by atoms with E-state index in [0.717, 1.165) is 5.56 Å². The molecule has 0 N–H and O–H groups in total. The van der Waals surface area contributed by atoms with Crippen LogP contribution in [-0.2, 0) is 11.2 Å². The molecular weight excluding hydrogens is 162 g/mol. The molecule has 66 valence electrons. The molecule has 2 nitrogen and oxygen atoms in total. The maximum Gasteiger partial charge on any atom is 0.138 e. The third-order valence-corrected chi connectivity index (χ3v) is 1.70. The molecule has 13 heavy (non-hydrogen) atoms. The van der Waals surface area contributed by atoms with Gasteiger partial charge < -0.3 is 0 Å². The number of Topliss-reactive ketones (excluding diaryl/α,β-unsaturated/α-hetero) is 1. The SMILES string of the molecule is C#CCCC(=O)Cc1ccncc1. The molecule has 0 aliphatic rings. The summed E-state index contributed by atoms with van der Waals surface area (Å²) in [6.45, 7) is 0. The quantitative estimate of drug-likeness (QED) is 0.647. The first-order valence-corrected chi connectivity index (χ1v) is 4.17. The predicted molar refractivity (Wildman–Crippen MR) is 51.0 cm³/mol. The highest BCUT2D eigenvalue weighted by atomic mass is 16.1. The van der Waals surface area contributed by atoms with Crippen LogP contribution in [0.5, 0.6) is 0 Å². The van der Waals surface area contributed by atoms with Gasteiger partial charge in [-0.25, -0.2) is 0 Å². The minimum Gasteiger partial charge on any atom is -0.299 e. The van der Waals surface area contributed by atoms with E-state index < -0.39 is 0 Å². The highest BCUT2D eigenvalue weighted by molar-refractivity contribution is 5.80. The van der Waals surface area contributed by atoms with Gasteiger partial charge in [0.05, 0.1) is 0 Å². The van der Waals surface area contributed by atoms with Crippen LogP contribution in [0.4, 0.5) is 0 Å². The summed E-state index contributed by atoms with van der Waals surface area (Å²) < 4.78 is 0. The van der Waals surface area contributed by atoms with E-state index in [1.807, 2.05) is 12.1 Å². The first kappa shape index (κ1) is 9.47. The Morgan fingerprint density at radius 2 is 2.15 bits per heavy atom. The molecule has 1 heterocycles. The van der Waals surface area contributed by atoms with Crippen molar-refractivity contribution in [2.24, 2.45) is 0 Å². The molecule has 0 saturated heterocycles. The molecular formula is C11H11NO. The first-order valence-electron chi connectivity index (χ1n) is 4.17. The fraction of sp³-hybridized carbons (Fsp3) is 0.273. The lowest BCUT2D eigenvalue weighted by atomic mass is 10.1. The van der Waals surface area contributed by atoms with E-state index in [2.05, 4.69) is 10.9 Å². The second-order valence-corrected chi connectivity index (χ2v) is 2.78. The van der Waals surface area contributed by atoms with Gasteiger partial charge in [-0.15, -0.1) is 12.3 Å². The van der Waals surface area contributed by atoms with E-state index >= 15 is 0 Å². The largest absolute Gasteiger partial charge is 0.299 e. The van der Waals surface area contributed by atoms with E-state index in [0.29, 0.717) is 19.3 Å². The van der Waals surface area contributed by atoms with E-state index in [9.17, 15) is 4.79 Å². The molecule has 0 unspecified atom stereocenters. The monoisotopic (exact) mass is 173 g/mol. The van der Waals surface area contributed by atoms with Crippen LogP contribution in [0.15, 0.2) is 24.5 Å². The summed E-state index contributed by atoms with van der Waals surface area (Å²) in [5.41, 5.74) is 0.997. The Morgan fingerprint density at radius 1 is 1.46 bits per heavy atom. The number of pyridine rings is 1. The lowest BCUT2D eigenvalue weighted by Gasteiger charge is -1.97. The van der Waals surface area contributed by atoms with Gasteiger partial charge in [0.25, 0.3) is 0 Å². The van der Waals surface area contributed by atoms with Gasteiger partial charge in [0, 0.05) is 31.7 Å². The zero-order valence-corrected chi connectivity index (χ0v) is 7.36. The Kier molecular flexibility index (Phi) is 3.72. The van der Waals surface area contributed by atoms with Crippen molar-refractivity contribution >= 4 is 5.78 Å². The summed E-state index contributed by atoms with van der Waals surface area (Å²) in [5, 5.41) is 0. The van der Waals surface area contributed by atoms with Crippen molar-refractivity contribution in [2.45, 2.75) is 19.3 Å². The van der Waals surface area contributed by atoms with E-state index in [4.69, 9.17) is 6.42 Å². The van der Waals surface area contributed by atoms with Crippen molar-refractivity contribution in [2.75, 3.05) is 0 Å². The number of terminal acetylenes is 1. The van der Waals surface area contributed by atoms with Gasteiger partial charge in [-0.05, 0) is 17.7 Å². The maximum absolute atomic E-state index is 11.3. The maximum atomic E-state index is 11.3. The zero-order valence-electron chi connectivity index (χ0n) is 7.36. The van der Waals surface area contributed by atoms with Crippen LogP contribution < -0.4 is 0 Å². The third-order valence-electron chi connectivity index (χ3n) is 1.70. The molecule has 0 aliphatic heterocycles. The summed E-state index contributed by atoms with van der Waals surface area (Å²) in [6, 6.07) is 3.68. The number of ketones is 1. The number of hydrogen-bond acceptors (Lipinski definition) is 2. The highest BCUT2D eigenvalue weighted by Crippen LogP contribution is 2.01. The topological polar surface area (TPSA) is 30.0 Å². The Hall–Kier alpha value is -1.62. The van der Waals surface area contributed by atoms with Gasteiger partial charge in [0.15, 0.2) is 0 Å². The molecule has 0 aromatic carbocycles. The van der Waals surface area contributed by atoms with E-state index in [1.54, 1.807) is 12.4 Å². The zero-order chi connectivity index (χ0) is 9.52. The Balaban J connectivity index is 2.42. The smallest absolute Gasteiger partial charge is 0.138 e. The van der Waals surface area contributed by atoms with Crippen molar-refractivity contribution in [3.63, 3.8) is 0 Å². The molecule has 2 heteroatoms. The molecule has 1 rings (SSSR count). The lowest BCUT2D eigenvalue weighted by Crippen LogP contribution is -2.01. The van der Waals surface area contributed by atoms with Crippen molar-refractivity contribution in [1.82, 2.24) is 4.98 Å². The number of carbonyl (C=O) groups is 1. The second-order valence-electron chi connectivity index (χ2n) is 2.78. The van der Waals surface area contributed by atoms with E-state index in [-0.39, 0.29) is 5.78 Å². The molecule has 0 bridgehead atoms. The molecule has 1 aromatic heterocycles. The van der Waals surface area contributed by atoms with E-state index in [1.165, 1.54) is 0 Å².